The fourth-order valence-electron chi connectivity index (χ4n) is 3.89. The summed E-state index contributed by atoms with van der Waals surface area (Å²) in [5.41, 5.74) is 0. The molecule has 0 spiro atoms. The van der Waals surface area contributed by atoms with Crippen LogP contribution >= 0.6 is 11.8 Å². The topological polar surface area (TPSA) is 29.1 Å². The Bertz CT molecular complexity index is 382. The van der Waals surface area contributed by atoms with Crippen molar-refractivity contribution >= 4 is 17.7 Å². The van der Waals surface area contributed by atoms with Crippen LogP contribution in [0.4, 0.5) is 0 Å². The quantitative estimate of drug-likeness (QED) is 0.119. The molecule has 31 heavy (non-hydrogen) atoms. The summed E-state index contributed by atoms with van der Waals surface area (Å²) in [5.74, 6) is 2.41. The van der Waals surface area contributed by atoms with Crippen LogP contribution in [0, 0.1) is 0 Å². The number of unbranched alkanes of at least 4 members (excludes halogenated alkanes) is 15. The van der Waals surface area contributed by atoms with E-state index in [1.165, 1.54) is 108 Å². The minimum absolute atomic E-state index is 0.223. The molecule has 0 unspecified atom stereocenters. The van der Waals surface area contributed by atoms with Gasteiger partial charge in [0.25, 0.3) is 0 Å². The number of nitrogens with zero attached hydrogens (tertiary/aromatic N) is 1. The predicted molar refractivity (Wildman–Crippen MR) is 142 cm³/mol. The minimum Gasteiger partial charge on any atom is -0.356 e. The molecule has 0 saturated carbocycles. The van der Waals surface area contributed by atoms with Gasteiger partial charge in [-0.05, 0) is 12.2 Å². The van der Waals surface area contributed by atoms with E-state index >= 15 is 0 Å². The summed E-state index contributed by atoms with van der Waals surface area (Å²) in [4.78, 5) is 11.8. The van der Waals surface area contributed by atoms with Gasteiger partial charge in [0.15, 0.2) is 0 Å². The maximum absolute atomic E-state index is 11.8. The Morgan fingerprint density at radius 1 is 0.645 bits per heavy atom. The van der Waals surface area contributed by atoms with Gasteiger partial charge < -0.3 is 9.80 Å². The summed E-state index contributed by atoms with van der Waals surface area (Å²) in [5, 5.41) is 3.05. The largest absolute Gasteiger partial charge is 0.356 e. The molecule has 0 fully saturated rings. The molecular weight excluding hydrogens is 400 g/mol. The lowest BCUT2D eigenvalue weighted by atomic mass is 10.0. The molecule has 0 atom stereocenters. The number of carbonyl (C=O) groups excluding carboxylic acids is 1. The van der Waals surface area contributed by atoms with Crippen LogP contribution < -0.4 is 5.32 Å². The lowest BCUT2D eigenvalue weighted by Gasteiger charge is -2.23. The highest BCUT2D eigenvalue weighted by molar-refractivity contribution is 7.99. The zero-order chi connectivity index (χ0) is 23.0. The van der Waals surface area contributed by atoms with Crippen molar-refractivity contribution in [1.29, 1.82) is 0 Å². The van der Waals surface area contributed by atoms with Crippen molar-refractivity contribution in [3.63, 3.8) is 0 Å². The van der Waals surface area contributed by atoms with Crippen molar-refractivity contribution < 1.29 is 9.28 Å². The van der Waals surface area contributed by atoms with E-state index in [1.807, 2.05) is 11.8 Å². The van der Waals surface area contributed by atoms with Gasteiger partial charge in [-0.3, -0.25) is 4.79 Å². The van der Waals surface area contributed by atoms with Gasteiger partial charge in [-0.15, -0.1) is 0 Å². The first-order valence-electron chi connectivity index (χ1n) is 13.6. The van der Waals surface area contributed by atoms with Gasteiger partial charge in [0.1, 0.15) is 0 Å². The Kier molecular flexibility index (Phi) is 22.8. The molecule has 186 valence electrons. The Morgan fingerprint density at radius 2 is 1.10 bits per heavy atom. The normalized spacial score (nSPS) is 11.7. The van der Waals surface area contributed by atoms with Crippen molar-refractivity contribution in [3.05, 3.63) is 0 Å². The molecule has 4 heteroatoms. The minimum atomic E-state index is 0.223. The molecule has 0 saturated heterocycles. The Balaban J connectivity index is 3.14. The molecule has 0 aliphatic rings. The fraction of sp³-hybridized carbons (Fsp3) is 0.963. The highest BCUT2D eigenvalue weighted by atomic mass is 32.2. The number of amides is 1. The van der Waals surface area contributed by atoms with Crippen LogP contribution in [-0.2, 0) is 4.79 Å². The highest BCUT2D eigenvalue weighted by Gasteiger charge is 2.06. The Labute approximate surface area is 200 Å². The molecule has 1 N–H and O–H groups in total. The zero-order valence-electron chi connectivity index (χ0n) is 21.8. The zero-order valence-corrected chi connectivity index (χ0v) is 22.6. The standard InChI is InChI=1S/C27H56N2OS/c1-5-6-7-8-9-10-11-12-13-14-15-16-17-18-19-20-25-31-26-22-27(30)28-23-21-24-29(2,3)4/h5-26H2,1-4H3/p+1. The van der Waals surface area contributed by atoms with E-state index < -0.39 is 0 Å². The van der Waals surface area contributed by atoms with E-state index in [2.05, 4.69) is 33.4 Å². The lowest BCUT2D eigenvalue weighted by Crippen LogP contribution is -2.37. The molecular formula is C27H57N2OS+. The molecule has 0 bridgehead atoms. The molecule has 3 nitrogen and oxygen atoms in total. The third-order valence-electron chi connectivity index (χ3n) is 5.94. The van der Waals surface area contributed by atoms with Crippen molar-refractivity contribution in [2.75, 3.05) is 45.7 Å². The third kappa shape index (κ3) is 27.7. The van der Waals surface area contributed by atoms with Gasteiger partial charge >= 0.3 is 0 Å². The molecule has 0 aromatic rings. The van der Waals surface area contributed by atoms with E-state index in [4.69, 9.17) is 0 Å². The summed E-state index contributed by atoms with van der Waals surface area (Å²) in [6.45, 7) is 4.21. The number of carbonyl (C=O) groups is 1. The van der Waals surface area contributed by atoms with Crippen LogP contribution in [0.25, 0.3) is 0 Å². The van der Waals surface area contributed by atoms with Crippen molar-refractivity contribution in [1.82, 2.24) is 5.32 Å². The number of nitrogens with one attached hydrogen (secondary N) is 1. The smallest absolute Gasteiger partial charge is 0.220 e. The molecule has 0 aliphatic heterocycles. The summed E-state index contributed by atoms with van der Waals surface area (Å²) < 4.78 is 0.963. The summed E-state index contributed by atoms with van der Waals surface area (Å²) in [6.07, 6.45) is 24.5. The van der Waals surface area contributed by atoms with Gasteiger partial charge in [-0.25, -0.2) is 0 Å². The van der Waals surface area contributed by atoms with Crippen LogP contribution in [0.5, 0.6) is 0 Å². The second-order valence-corrected chi connectivity index (χ2v) is 11.6. The molecule has 0 aromatic carbocycles. The molecule has 1 amide bonds. The van der Waals surface area contributed by atoms with E-state index in [0.29, 0.717) is 6.42 Å². The molecule has 0 radical (unpaired) electrons. The van der Waals surface area contributed by atoms with Gasteiger partial charge in [0.2, 0.25) is 5.91 Å². The van der Waals surface area contributed by atoms with Crippen molar-refractivity contribution in [2.45, 2.75) is 122 Å². The second-order valence-electron chi connectivity index (χ2n) is 10.4. The van der Waals surface area contributed by atoms with Gasteiger partial charge in [-0.1, -0.05) is 103 Å². The van der Waals surface area contributed by atoms with Gasteiger partial charge in [0, 0.05) is 25.1 Å². The first-order chi connectivity index (χ1) is 15.0. The summed E-state index contributed by atoms with van der Waals surface area (Å²) >= 11 is 1.95. The van der Waals surface area contributed by atoms with Crippen LogP contribution in [0.1, 0.15) is 122 Å². The number of hydrogen-bond acceptors (Lipinski definition) is 2. The van der Waals surface area contributed by atoms with E-state index in [0.717, 1.165) is 29.7 Å². The fourth-order valence-corrected chi connectivity index (χ4v) is 4.83. The second kappa shape index (κ2) is 23.0. The third-order valence-corrected chi connectivity index (χ3v) is 7.01. The molecule has 0 heterocycles. The van der Waals surface area contributed by atoms with Gasteiger partial charge in [-0.2, -0.15) is 11.8 Å². The average molecular weight is 458 g/mol. The SMILES string of the molecule is CCCCCCCCCCCCCCCCCCSCCC(=O)NCCC[N+](C)(C)C. The first-order valence-corrected chi connectivity index (χ1v) is 14.8. The number of thioether (sulfide) groups is 1. The van der Waals surface area contributed by atoms with E-state index in [1.54, 1.807) is 0 Å². The van der Waals surface area contributed by atoms with Crippen LogP contribution in [0.15, 0.2) is 0 Å². The number of quaternary nitrogens is 1. The van der Waals surface area contributed by atoms with E-state index in [-0.39, 0.29) is 5.91 Å². The highest BCUT2D eigenvalue weighted by Crippen LogP contribution is 2.14. The molecule has 0 aliphatic carbocycles. The number of hydrogen-bond donors (Lipinski definition) is 1. The summed E-state index contributed by atoms with van der Waals surface area (Å²) in [7, 11) is 6.57. The predicted octanol–water partition coefficient (Wildman–Crippen LogP) is 7.58. The Hall–Kier alpha value is -0.220. The monoisotopic (exact) mass is 457 g/mol. The lowest BCUT2D eigenvalue weighted by molar-refractivity contribution is -0.870. The maximum Gasteiger partial charge on any atom is 0.220 e. The van der Waals surface area contributed by atoms with Crippen LogP contribution in [-0.4, -0.2) is 56.1 Å². The van der Waals surface area contributed by atoms with Crippen molar-refractivity contribution in [2.24, 2.45) is 0 Å². The summed E-state index contributed by atoms with van der Waals surface area (Å²) in [6, 6.07) is 0. The van der Waals surface area contributed by atoms with Crippen molar-refractivity contribution in [3.8, 4) is 0 Å². The van der Waals surface area contributed by atoms with E-state index in [9.17, 15) is 4.79 Å². The first kappa shape index (κ1) is 30.8. The van der Waals surface area contributed by atoms with Crippen LogP contribution in [0.3, 0.4) is 0 Å². The van der Waals surface area contributed by atoms with Crippen LogP contribution in [0.2, 0.25) is 0 Å². The molecule has 0 rings (SSSR count). The number of rotatable bonds is 24. The Morgan fingerprint density at radius 3 is 1.55 bits per heavy atom. The maximum atomic E-state index is 11.8. The van der Waals surface area contributed by atoms with Gasteiger partial charge in [0.05, 0.1) is 27.7 Å². The average Bonchev–Trinajstić information content (AvgIpc) is 2.72. The molecule has 0 aromatic heterocycles.